The monoisotopic (exact) mass is 207 g/mol. The molecule has 3 nitrogen and oxygen atoms in total. The largest absolute Gasteiger partial charge is 0.755 e. The molecule has 0 saturated heterocycles. The number of aryl methyl sites for hydroxylation is 2. The van der Waals surface area contributed by atoms with E-state index in [4.69, 9.17) is 0 Å². The van der Waals surface area contributed by atoms with E-state index in [1.54, 1.807) is 12.1 Å². The van der Waals surface area contributed by atoms with Crippen LogP contribution in [0.2, 0.25) is 0 Å². The van der Waals surface area contributed by atoms with Crippen molar-refractivity contribution in [3.05, 3.63) is 29.3 Å². The molecule has 0 spiro atoms. The van der Waals surface area contributed by atoms with Gasteiger partial charge in [0.1, 0.15) is 0 Å². The Hall–Kier alpha value is 0.130. The van der Waals surface area contributed by atoms with Crippen molar-refractivity contribution in [2.24, 2.45) is 0 Å². The summed E-state index contributed by atoms with van der Waals surface area (Å²) in [5, 5.41) is 0. The number of hydrogen-bond acceptors (Lipinski definition) is 2. The second-order valence-electron chi connectivity index (χ2n) is 2.71. The first-order valence-corrected chi connectivity index (χ1v) is 4.59. The summed E-state index contributed by atoms with van der Waals surface area (Å²) in [6.07, 6.45) is 0. The van der Waals surface area contributed by atoms with Crippen molar-refractivity contribution in [1.82, 2.24) is 0 Å². The van der Waals surface area contributed by atoms with Gasteiger partial charge in [0, 0.05) is 46.5 Å². The minimum absolute atomic E-state index is 0. The van der Waals surface area contributed by atoms with Gasteiger partial charge < -0.3 is 9.27 Å². The van der Waals surface area contributed by atoms with Gasteiger partial charge >= 0.3 is 0 Å². The Bertz CT molecular complexity index is 297. The topological polar surface area (TPSA) is 52.2 Å². The zero-order chi connectivity index (χ0) is 9.14. The Morgan fingerprint density at radius 2 is 1.69 bits per heavy atom. The molecule has 0 aromatic heterocycles. The van der Waals surface area contributed by atoms with Crippen LogP contribution in [0.15, 0.2) is 18.2 Å². The van der Waals surface area contributed by atoms with Crippen LogP contribution in [-0.2, 0) is 11.3 Å². The maximum absolute atomic E-state index is 10.3. The summed E-state index contributed by atoms with van der Waals surface area (Å²) >= 11 is -2.23. The number of hydrogen-bond donors (Lipinski definition) is 1. The average molecular weight is 207 g/mol. The molecular formula is C8H10NNaO2S-. The standard InChI is InChI=1S/C8H11NO2S.Na/c1-6-3-7(2)5-8(4-6)9-12(10)11;/h3-5,9H,1-2H3,(H,10,11);/p-1. The molecule has 1 aromatic carbocycles. The molecular weight excluding hydrogens is 197 g/mol. The van der Waals surface area contributed by atoms with E-state index in [2.05, 4.69) is 4.72 Å². The van der Waals surface area contributed by atoms with Crippen LogP contribution in [0.5, 0.6) is 0 Å². The molecule has 1 aromatic rings. The Balaban J connectivity index is 0.00000144. The quantitative estimate of drug-likeness (QED) is 0.583. The normalized spacial score (nSPS) is 11.6. The second-order valence-corrected chi connectivity index (χ2v) is 3.39. The summed E-state index contributed by atoms with van der Waals surface area (Å²) in [7, 11) is 0. The van der Waals surface area contributed by atoms with Gasteiger partial charge in [0.2, 0.25) is 0 Å². The molecule has 1 atom stereocenters. The molecule has 1 N–H and O–H groups in total. The molecule has 0 saturated carbocycles. The van der Waals surface area contributed by atoms with Gasteiger partial charge in [-0.1, -0.05) is 6.07 Å². The zero-order valence-corrected chi connectivity index (χ0v) is 10.8. The van der Waals surface area contributed by atoms with Crippen LogP contribution in [0.4, 0.5) is 5.69 Å². The minimum Gasteiger partial charge on any atom is -0.755 e. The van der Waals surface area contributed by atoms with Crippen molar-refractivity contribution >= 4 is 46.5 Å². The third-order valence-corrected chi connectivity index (χ3v) is 1.83. The van der Waals surface area contributed by atoms with Gasteiger partial charge in [-0.15, -0.1) is 0 Å². The first-order chi connectivity index (χ1) is 5.58. The van der Waals surface area contributed by atoms with Gasteiger partial charge in [0.05, 0.1) is 0 Å². The summed E-state index contributed by atoms with van der Waals surface area (Å²) < 4.78 is 22.9. The average Bonchev–Trinajstić information content (AvgIpc) is 1.81. The van der Waals surface area contributed by atoms with Crippen LogP contribution in [-0.4, -0.2) is 38.3 Å². The molecule has 0 aliphatic rings. The van der Waals surface area contributed by atoms with Gasteiger partial charge in [0.15, 0.2) is 0 Å². The molecule has 0 aliphatic heterocycles. The Labute approximate surface area is 103 Å². The summed E-state index contributed by atoms with van der Waals surface area (Å²) in [5.74, 6) is 0. The molecule has 5 heteroatoms. The first kappa shape index (κ1) is 13.1. The maximum atomic E-state index is 10.3. The van der Waals surface area contributed by atoms with Gasteiger partial charge in [-0.05, 0) is 37.1 Å². The molecule has 67 valence electrons. The van der Waals surface area contributed by atoms with E-state index in [-0.39, 0.29) is 29.6 Å². The van der Waals surface area contributed by atoms with Gasteiger partial charge in [-0.25, -0.2) is 0 Å². The van der Waals surface area contributed by atoms with E-state index in [1.807, 2.05) is 19.9 Å². The van der Waals surface area contributed by atoms with Crippen molar-refractivity contribution in [3.8, 4) is 0 Å². The second kappa shape index (κ2) is 5.78. The minimum atomic E-state index is -2.23. The number of anilines is 1. The molecule has 0 bridgehead atoms. The number of rotatable bonds is 2. The molecule has 0 fully saturated rings. The summed E-state index contributed by atoms with van der Waals surface area (Å²) in [5.41, 5.74) is 2.70. The van der Waals surface area contributed by atoms with Gasteiger partial charge in [-0.2, -0.15) is 0 Å². The van der Waals surface area contributed by atoms with Crippen molar-refractivity contribution in [1.29, 1.82) is 0 Å². The maximum Gasteiger partial charge on any atom is 0.0457 e. The molecule has 0 heterocycles. The third-order valence-electron chi connectivity index (χ3n) is 1.42. The summed E-state index contributed by atoms with van der Waals surface area (Å²) in [6.45, 7) is 3.85. The van der Waals surface area contributed by atoms with E-state index in [9.17, 15) is 8.76 Å². The molecule has 13 heavy (non-hydrogen) atoms. The van der Waals surface area contributed by atoms with Gasteiger partial charge in [-0.3, -0.25) is 4.21 Å². The van der Waals surface area contributed by atoms with Crippen LogP contribution in [0.25, 0.3) is 0 Å². The predicted molar refractivity (Wildman–Crippen MR) is 54.2 cm³/mol. The zero-order valence-electron chi connectivity index (χ0n) is 7.96. The number of benzene rings is 1. The van der Waals surface area contributed by atoms with E-state index in [0.29, 0.717) is 5.69 Å². The van der Waals surface area contributed by atoms with Crippen LogP contribution in [0, 0.1) is 13.8 Å². The summed E-state index contributed by atoms with van der Waals surface area (Å²) in [4.78, 5) is 0. The summed E-state index contributed by atoms with van der Waals surface area (Å²) in [6, 6.07) is 5.55. The molecule has 1 radical (unpaired) electrons. The molecule has 1 unspecified atom stereocenters. The molecule has 0 aliphatic carbocycles. The van der Waals surface area contributed by atoms with Crippen LogP contribution >= 0.6 is 0 Å². The van der Waals surface area contributed by atoms with E-state index in [1.165, 1.54) is 0 Å². The predicted octanol–water partition coefficient (Wildman–Crippen LogP) is 1.13. The van der Waals surface area contributed by atoms with E-state index in [0.717, 1.165) is 11.1 Å². The van der Waals surface area contributed by atoms with Crippen LogP contribution in [0.3, 0.4) is 0 Å². The van der Waals surface area contributed by atoms with Crippen molar-refractivity contribution in [2.75, 3.05) is 4.72 Å². The SMILES string of the molecule is Cc1cc(C)cc(NS(=O)[O-])c1.[Na]. The fourth-order valence-electron chi connectivity index (χ4n) is 1.13. The third kappa shape index (κ3) is 4.78. The molecule has 1 rings (SSSR count). The fourth-order valence-corrected chi connectivity index (χ4v) is 1.44. The van der Waals surface area contributed by atoms with Gasteiger partial charge in [0.25, 0.3) is 0 Å². The fraction of sp³-hybridized carbons (Fsp3) is 0.250. The number of nitrogens with one attached hydrogen (secondary N) is 1. The van der Waals surface area contributed by atoms with Crippen molar-refractivity contribution in [3.63, 3.8) is 0 Å². The first-order valence-electron chi connectivity index (χ1n) is 3.52. The van der Waals surface area contributed by atoms with E-state index < -0.39 is 11.3 Å². The Morgan fingerprint density at radius 3 is 2.08 bits per heavy atom. The molecule has 0 amide bonds. The smallest absolute Gasteiger partial charge is 0.0457 e. The van der Waals surface area contributed by atoms with Crippen molar-refractivity contribution < 1.29 is 8.76 Å². The van der Waals surface area contributed by atoms with Crippen molar-refractivity contribution in [2.45, 2.75) is 13.8 Å². The Morgan fingerprint density at radius 1 is 1.23 bits per heavy atom. The van der Waals surface area contributed by atoms with E-state index >= 15 is 0 Å². The van der Waals surface area contributed by atoms with Crippen LogP contribution in [0.1, 0.15) is 11.1 Å². The van der Waals surface area contributed by atoms with Crippen LogP contribution < -0.4 is 4.72 Å². The Kier molecular flexibility index (Phi) is 5.83.